The molecule has 1 aromatic carbocycles. The molecule has 108 valence electrons. The summed E-state index contributed by atoms with van der Waals surface area (Å²) in [7, 11) is 1.59. The van der Waals surface area contributed by atoms with Gasteiger partial charge in [-0.3, -0.25) is 9.59 Å². The zero-order valence-corrected chi connectivity index (χ0v) is 11.7. The average Bonchev–Trinajstić information content (AvgIpc) is 2.90. The number of nitrogens with one attached hydrogen (secondary N) is 1. The predicted octanol–water partition coefficient (Wildman–Crippen LogP) is 2.44. The van der Waals surface area contributed by atoms with E-state index in [1.165, 1.54) is 0 Å². The van der Waals surface area contributed by atoms with Crippen molar-refractivity contribution in [3.63, 3.8) is 0 Å². The first-order valence-corrected chi connectivity index (χ1v) is 6.71. The van der Waals surface area contributed by atoms with E-state index in [1.807, 2.05) is 13.0 Å². The molecule has 0 bridgehead atoms. The van der Waals surface area contributed by atoms with E-state index in [4.69, 9.17) is 9.84 Å². The van der Waals surface area contributed by atoms with Crippen LogP contribution < -0.4 is 10.1 Å². The molecule has 0 aromatic heterocycles. The summed E-state index contributed by atoms with van der Waals surface area (Å²) in [5.74, 6) is -1.36. The number of hydrogen-bond donors (Lipinski definition) is 2. The molecule has 2 atom stereocenters. The Kier molecular flexibility index (Phi) is 4.27. The van der Waals surface area contributed by atoms with E-state index in [2.05, 4.69) is 5.32 Å². The lowest BCUT2D eigenvalue weighted by molar-refractivity contribution is -0.145. The Balaban J connectivity index is 2.10. The van der Waals surface area contributed by atoms with Gasteiger partial charge in [-0.25, -0.2) is 0 Å². The molecule has 5 nitrogen and oxygen atoms in total. The van der Waals surface area contributed by atoms with E-state index in [9.17, 15) is 9.59 Å². The summed E-state index contributed by atoms with van der Waals surface area (Å²) < 4.78 is 5.11. The Morgan fingerprint density at radius 2 is 2.00 bits per heavy atom. The van der Waals surface area contributed by atoms with Gasteiger partial charge in [-0.1, -0.05) is 6.42 Å². The summed E-state index contributed by atoms with van der Waals surface area (Å²) in [5.41, 5.74) is 1.59. The van der Waals surface area contributed by atoms with Gasteiger partial charge in [-0.2, -0.15) is 0 Å². The van der Waals surface area contributed by atoms with Crippen molar-refractivity contribution in [3.05, 3.63) is 23.8 Å². The van der Waals surface area contributed by atoms with Crippen molar-refractivity contribution in [2.75, 3.05) is 12.4 Å². The van der Waals surface area contributed by atoms with Crippen molar-refractivity contribution in [2.45, 2.75) is 26.2 Å². The number of amides is 1. The van der Waals surface area contributed by atoms with E-state index in [-0.39, 0.29) is 5.91 Å². The zero-order valence-electron chi connectivity index (χ0n) is 11.7. The number of anilines is 1. The number of aliphatic carboxylic acids is 1. The van der Waals surface area contributed by atoms with Crippen LogP contribution in [0.5, 0.6) is 5.75 Å². The van der Waals surface area contributed by atoms with Crippen LogP contribution in [0.4, 0.5) is 5.69 Å². The molecule has 0 radical (unpaired) electrons. The Bertz CT molecular complexity index is 527. The fraction of sp³-hybridized carbons (Fsp3) is 0.467. The molecule has 0 saturated heterocycles. The Morgan fingerprint density at radius 1 is 1.30 bits per heavy atom. The van der Waals surface area contributed by atoms with Gasteiger partial charge in [-0.15, -0.1) is 0 Å². The number of benzene rings is 1. The van der Waals surface area contributed by atoms with Gasteiger partial charge >= 0.3 is 5.97 Å². The summed E-state index contributed by atoms with van der Waals surface area (Å²) in [6.07, 6.45) is 2.00. The highest BCUT2D eigenvalue weighted by Gasteiger charge is 2.37. The van der Waals surface area contributed by atoms with Gasteiger partial charge in [0.1, 0.15) is 5.75 Å². The molecule has 1 fully saturated rings. The number of carboxylic acids is 1. The van der Waals surface area contributed by atoms with Crippen LogP contribution in [-0.2, 0) is 9.59 Å². The number of carbonyl (C=O) groups excluding carboxylic acids is 1. The van der Waals surface area contributed by atoms with E-state index < -0.39 is 17.8 Å². The summed E-state index contributed by atoms with van der Waals surface area (Å²) in [5, 5.41) is 12.0. The normalized spacial score (nSPS) is 21.5. The van der Waals surface area contributed by atoms with Gasteiger partial charge in [-0.05, 0) is 43.5 Å². The van der Waals surface area contributed by atoms with Crippen LogP contribution in [0.3, 0.4) is 0 Å². The number of hydrogen-bond acceptors (Lipinski definition) is 3. The second-order valence-electron chi connectivity index (χ2n) is 5.15. The lowest BCUT2D eigenvalue weighted by Gasteiger charge is -2.17. The minimum Gasteiger partial charge on any atom is -0.497 e. The molecule has 1 aliphatic rings. The Hall–Kier alpha value is -2.04. The minimum atomic E-state index is -0.880. The van der Waals surface area contributed by atoms with Crippen LogP contribution in [0, 0.1) is 18.8 Å². The molecule has 2 rings (SSSR count). The van der Waals surface area contributed by atoms with Crippen molar-refractivity contribution >= 4 is 17.6 Å². The number of methoxy groups -OCH3 is 1. The second-order valence-corrected chi connectivity index (χ2v) is 5.15. The lowest BCUT2D eigenvalue weighted by Crippen LogP contribution is -2.30. The van der Waals surface area contributed by atoms with Crippen LogP contribution >= 0.6 is 0 Å². The van der Waals surface area contributed by atoms with Gasteiger partial charge in [0.15, 0.2) is 0 Å². The van der Waals surface area contributed by atoms with Gasteiger partial charge in [0, 0.05) is 5.69 Å². The van der Waals surface area contributed by atoms with Crippen LogP contribution in [0.15, 0.2) is 18.2 Å². The van der Waals surface area contributed by atoms with Crippen molar-refractivity contribution in [1.29, 1.82) is 0 Å². The maximum atomic E-state index is 12.2. The maximum Gasteiger partial charge on any atom is 0.307 e. The van der Waals surface area contributed by atoms with Crippen LogP contribution in [0.1, 0.15) is 24.8 Å². The summed E-state index contributed by atoms with van der Waals surface area (Å²) in [4.78, 5) is 23.4. The first kappa shape index (κ1) is 14.4. The number of rotatable bonds is 4. The first-order valence-electron chi connectivity index (χ1n) is 6.71. The molecule has 0 aliphatic heterocycles. The van der Waals surface area contributed by atoms with Gasteiger partial charge < -0.3 is 15.2 Å². The van der Waals surface area contributed by atoms with E-state index >= 15 is 0 Å². The summed E-state index contributed by atoms with van der Waals surface area (Å²) in [6, 6.07) is 5.38. The molecule has 0 unspecified atom stereocenters. The van der Waals surface area contributed by atoms with Crippen LogP contribution in [0.2, 0.25) is 0 Å². The Morgan fingerprint density at radius 3 is 2.60 bits per heavy atom. The van der Waals surface area contributed by atoms with Gasteiger partial charge in [0.05, 0.1) is 18.9 Å². The van der Waals surface area contributed by atoms with Crippen molar-refractivity contribution < 1.29 is 19.4 Å². The van der Waals surface area contributed by atoms with E-state index in [0.717, 1.165) is 17.7 Å². The lowest BCUT2D eigenvalue weighted by atomic mass is 9.95. The molecule has 1 amide bonds. The highest BCUT2D eigenvalue weighted by Crippen LogP contribution is 2.33. The third-order valence-electron chi connectivity index (χ3n) is 3.86. The molecular formula is C15H19NO4. The Labute approximate surface area is 117 Å². The van der Waals surface area contributed by atoms with Crippen LogP contribution in [-0.4, -0.2) is 24.1 Å². The fourth-order valence-electron chi connectivity index (χ4n) is 2.70. The molecule has 1 saturated carbocycles. The number of carboxylic acid groups (broad SMARTS) is 1. The maximum absolute atomic E-state index is 12.2. The molecule has 0 spiro atoms. The standard InChI is InChI=1S/C15H19NO4/c1-9-8-10(20-2)6-7-13(9)16-14(17)11-4-3-5-12(11)15(18)19/h6-8,11-12H,3-5H2,1-2H3,(H,16,17)(H,18,19)/t11-,12+/m1/s1. The predicted molar refractivity (Wildman–Crippen MR) is 74.8 cm³/mol. The molecule has 2 N–H and O–H groups in total. The topological polar surface area (TPSA) is 75.6 Å². The third-order valence-corrected chi connectivity index (χ3v) is 3.86. The number of ether oxygens (including phenoxy) is 1. The number of carbonyl (C=O) groups is 2. The van der Waals surface area contributed by atoms with E-state index in [1.54, 1.807) is 19.2 Å². The SMILES string of the molecule is COc1ccc(NC(=O)[C@@H]2CCC[C@@H]2C(=O)O)c(C)c1. The van der Waals surface area contributed by atoms with Gasteiger partial charge in [0.25, 0.3) is 0 Å². The quantitative estimate of drug-likeness (QED) is 0.886. The zero-order chi connectivity index (χ0) is 14.7. The van der Waals surface area contributed by atoms with Crippen molar-refractivity contribution in [2.24, 2.45) is 11.8 Å². The molecule has 5 heteroatoms. The average molecular weight is 277 g/mol. The van der Waals surface area contributed by atoms with Crippen molar-refractivity contribution in [1.82, 2.24) is 0 Å². The fourth-order valence-corrected chi connectivity index (χ4v) is 2.70. The smallest absolute Gasteiger partial charge is 0.307 e. The van der Waals surface area contributed by atoms with Crippen molar-refractivity contribution in [3.8, 4) is 5.75 Å². The summed E-state index contributed by atoms with van der Waals surface area (Å²) in [6.45, 7) is 1.88. The first-order chi connectivity index (χ1) is 9.52. The molecule has 0 heterocycles. The minimum absolute atomic E-state index is 0.205. The monoisotopic (exact) mass is 277 g/mol. The van der Waals surface area contributed by atoms with Crippen LogP contribution in [0.25, 0.3) is 0 Å². The molecule has 20 heavy (non-hydrogen) atoms. The molecular weight excluding hydrogens is 258 g/mol. The largest absolute Gasteiger partial charge is 0.497 e. The number of aryl methyl sites for hydroxylation is 1. The highest BCUT2D eigenvalue weighted by atomic mass is 16.5. The second kappa shape index (κ2) is 5.94. The van der Waals surface area contributed by atoms with Gasteiger partial charge in [0.2, 0.25) is 5.91 Å². The molecule has 1 aromatic rings. The summed E-state index contributed by atoms with van der Waals surface area (Å²) >= 11 is 0. The molecule has 1 aliphatic carbocycles. The highest BCUT2D eigenvalue weighted by molar-refractivity contribution is 5.96. The third kappa shape index (κ3) is 2.92. The van der Waals surface area contributed by atoms with E-state index in [0.29, 0.717) is 18.5 Å².